The van der Waals surface area contributed by atoms with E-state index in [1.165, 1.54) is 26.2 Å². The van der Waals surface area contributed by atoms with Gasteiger partial charge in [-0.2, -0.15) is 0 Å². The van der Waals surface area contributed by atoms with Crippen LogP contribution in [0.15, 0.2) is 24.3 Å². The van der Waals surface area contributed by atoms with Crippen LogP contribution in [0.3, 0.4) is 0 Å². The van der Waals surface area contributed by atoms with Gasteiger partial charge in [-0.1, -0.05) is 18.6 Å². The zero-order valence-electron chi connectivity index (χ0n) is 13.8. The molecule has 1 unspecified atom stereocenters. The Morgan fingerprint density at radius 2 is 2.05 bits per heavy atom. The number of rotatable bonds is 6. The largest absolute Gasteiger partial charge is 0.491 e. The fraction of sp³-hybridized carbons (Fsp3) is 0.611. The van der Waals surface area contributed by atoms with E-state index in [1.54, 1.807) is 18.2 Å². The van der Waals surface area contributed by atoms with Gasteiger partial charge in [0.2, 0.25) is 0 Å². The number of aliphatic hydroxyl groups is 1. The Kier molecular flexibility index (Phi) is 5.98. The minimum Gasteiger partial charge on any atom is -0.491 e. The molecule has 1 N–H and O–H groups in total. The third-order valence-corrected chi connectivity index (χ3v) is 4.48. The molecule has 4 nitrogen and oxygen atoms in total. The normalized spacial score (nSPS) is 24.0. The van der Waals surface area contributed by atoms with E-state index in [9.17, 15) is 9.90 Å². The number of piperidine rings is 1. The third kappa shape index (κ3) is 4.55. The van der Waals surface area contributed by atoms with Gasteiger partial charge in [-0.25, -0.2) is 0 Å². The van der Waals surface area contributed by atoms with Crippen LogP contribution in [0.25, 0.3) is 0 Å². The first-order chi connectivity index (χ1) is 10.5. The van der Waals surface area contributed by atoms with Crippen LogP contribution in [-0.2, 0) is 0 Å². The Labute approximate surface area is 133 Å². The molecule has 0 bridgehead atoms. The smallest absolute Gasteiger partial charge is 0.159 e. The van der Waals surface area contributed by atoms with Crippen LogP contribution < -0.4 is 4.74 Å². The molecule has 22 heavy (non-hydrogen) atoms. The van der Waals surface area contributed by atoms with E-state index in [4.69, 9.17) is 4.74 Å². The molecule has 0 radical (unpaired) electrons. The quantitative estimate of drug-likeness (QED) is 0.821. The molecule has 2 rings (SSSR count). The van der Waals surface area contributed by atoms with Gasteiger partial charge < -0.3 is 9.84 Å². The number of ether oxygens (including phenoxy) is 1. The summed E-state index contributed by atoms with van der Waals surface area (Å²) in [4.78, 5) is 13.7. The highest BCUT2D eigenvalue weighted by Gasteiger charge is 2.26. The van der Waals surface area contributed by atoms with E-state index in [-0.39, 0.29) is 12.4 Å². The van der Waals surface area contributed by atoms with Crippen LogP contribution in [0.4, 0.5) is 0 Å². The maximum atomic E-state index is 11.4. The fourth-order valence-corrected chi connectivity index (χ4v) is 3.13. The number of benzene rings is 1. The molecule has 1 aromatic carbocycles. The van der Waals surface area contributed by atoms with Crippen LogP contribution >= 0.6 is 0 Å². The lowest BCUT2D eigenvalue weighted by atomic mass is 9.97. The molecule has 4 heteroatoms. The molecule has 0 amide bonds. The molecular weight excluding hydrogens is 278 g/mol. The van der Waals surface area contributed by atoms with Gasteiger partial charge in [0.15, 0.2) is 5.78 Å². The first kappa shape index (κ1) is 17.0. The van der Waals surface area contributed by atoms with Gasteiger partial charge in [-0.05, 0) is 45.7 Å². The lowest BCUT2D eigenvalue weighted by molar-refractivity contribution is 0.0209. The van der Waals surface area contributed by atoms with Gasteiger partial charge in [0.25, 0.3) is 0 Å². The highest BCUT2D eigenvalue weighted by molar-refractivity contribution is 5.94. The summed E-state index contributed by atoms with van der Waals surface area (Å²) in [5.41, 5.74) is 0.630. The van der Waals surface area contributed by atoms with Gasteiger partial charge in [0.05, 0.1) is 0 Å². The summed E-state index contributed by atoms with van der Waals surface area (Å²) in [6, 6.07) is 8.13. The number of aliphatic hydroxyl groups excluding tert-OH is 1. The second kappa shape index (κ2) is 7.75. The molecule has 1 aliphatic heterocycles. The number of carbonyl (C=O) groups is 1. The molecule has 0 spiro atoms. The number of carbonyl (C=O) groups excluding carboxylic acids is 1. The Bertz CT molecular complexity index is 493. The average Bonchev–Trinajstić information content (AvgIpc) is 2.49. The van der Waals surface area contributed by atoms with Crippen molar-refractivity contribution < 1.29 is 14.6 Å². The zero-order valence-corrected chi connectivity index (χ0v) is 13.8. The van der Waals surface area contributed by atoms with Crippen molar-refractivity contribution >= 4 is 5.78 Å². The number of hydrogen-bond acceptors (Lipinski definition) is 4. The predicted octanol–water partition coefficient (Wildman–Crippen LogP) is 2.89. The van der Waals surface area contributed by atoms with Crippen molar-refractivity contribution in [2.75, 3.05) is 13.2 Å². The number of β-amino-alcohol motifs (C(OH)–C–C–N with tert-alkyl or cyclic N) is 1. The lowest BCUT2D eigenvalue weighted by Crippen LogP contribution is -2.48. The molecule has 1 aromatic rings. The van der Waals surface area contributed by atoms with Crippen LogP contribution in [0, 0.1) is 0 Å². The summed E-state index contributed by atoms with van der Waals surface area (Å²) >= 11 is 0. The van der Waals surface area contributed by atoms with E-state index in [1.807, 2.05) is 6.07 Å². The summed E-state index contributed by atoms with van der Waals surface area (Å²) in [6.07, 6.45) is 3.13. The molecule has 3 atom stereocenters. The van der Waals surface area contributed by atoms with E-state index < -0.39 is 6.10 Å². The van der Waals surface area contributed by atoms with Crippen LogP contribution in [0.5, 0.6) is 5.75 Å². The summed E-state index contributed by atoms with van der Waals surface area (Å²) < 4.78 is 5.64. The standard InChI is InChI=1S/C18H27NO3/c1-13-6-4-7-14(2)19(13)11-17(21)12-22-18-9-5-8-16(10-18)15(3)20/h5,8-10,13-14,17,21H,4,6-7,11-12H2,1-3H3/t13-,14+,17?. The van der Waals surface area contributed by atoms with Crippen molar-refractivity contribution in [3.63, 3.8) is 0 Å². The van der Waals surface area contributed by atoms with Crippen LogP contribution in [0.1, 0.15) is 50.4 Å². The maximum absolute atomic E-state index is 11.4. The van der Waals surface area contributed by atoms with Crippen molar-refractivity contribution in [2.24, 2.45) is 0 Å². The van der Waals surface area contributed by atoms with Crippen molar-refractivity contribution in [1.29, 1.82) is 0 Å². The fourth-order valence-electron chi connectivity index (χ4n) is 3.13. The Morgan fingerprint density at radius 3 is 2.68 bits per heavy atom. The minimum atomic E-state index is -0.524. The molecule has 122 valence electrons. The number of hydrogen-bond donors (Lipinski definition) is 1. The number of Topliss-reactive ketones (excluding diaryl/α,β-unsaturated/α-hetero) is 1. The first-order valence-electron chi connectivity index (χ1n) is 8.15. The summed E-state index contributed by atoms with van der Waals surface area (Å²) in [5, 5.41) is 10.2. The Morgan fingerprint density at radius 1 is 1.36 bits per heavy atom. The molecule has 1 aliphatic rings. The molecule has 1 fully saturated rings. The topological polar surface area (TPSA) is 49.8 Å². The second-order valence-electron chi connectivity index (χ2n) is 6.37. The van der Waals surface area contributed by atoms with Crippen LogP contribution in [-0.4, -0.2) is 47.1 Å². The Hall–Kier alpha value is -1.39. The van der Waals surface area contributed by atoms with Gasteiger partial charge in [0.1, 0.15) is 18.5 Å². The monoisotopic (exact) mass is 305 g/mol. The average molecular weight is 305 g/mol. The third-order valence-electron chi connectivity index (χ3n) is 4.48. The van der Waals surface area contributed by atoms with Crippen molar-refractivity contribution in [3.8, 4) is 5.75 Å². The first-order valence-corrected chi connectivity index (χ1v) is 8.15. The molecule has 1 heterocycles. The van der Waals surface area contributed by atoms with Gasteiger partial charge >= 0.3 is 0 Å². The van der Waals surface area contributed by atoms with Gasteiger partial charge in [0, 0.05) is 24.2 Å². The highest BCUT2D eigenvalue weighted by atomic mass is 16.5. The summed E-state index contributed by atoms with van der Waals surface area (Å²) in [7, 11) is 0. The summed E-state index contributed by atoms with van der Waals surface area (Å²) in [6.45, 7) is 6.86. The Balaban J connectivity index is 1.86. The number of nitrogens with zero attached hydrogens (tertiary/aromatic N) is 1. The SMILES string of the molecule is CC(=O)c1cccc(OCC(O)CN2[C@H](C)CCC[C@@H]2C)c1. The van der Waals surface area contributed by atoms with Gasteiger partial charge in [-0.15, -0.1) is 0 Å². The molecular formula is C18H27NO3. The van der Waals surface area contributed by atoms with Crippen molar-refractivity contribution in [3.05, 3.63) is 29.8 Å². The van der Waals surface area contributed by atoms with Crippen LogP contribution in [0.2, 0.25) is 0 Å². The molecule has 0 aromatic heterocycles. The van der Waals surface area contributed by atoms with E-state index in [0.29, 0.717) is 29.9 Å². The van der Waals surface area contributed by atoms with Crippen molar-refractivity contribution in [2.45, 2.75) is 58.2 Å². The molecule has 1 saturated heterocycles. The summed E-state index contributed by atoms with van der Waals surface area (Å²) in [5.74, 6) is 0.647. The molecule has 0 saturated carbocycles. The zero-order chi connectivity index (χ0) is 16.1. The van der Waals surface area contributed by atoms with E-state index in [0.717, 1.165) is 0 Å². The predicted molar refractivity (Wildman–Crippen MR) is 87.4 cm³/mol. The minimum absolute atomic E-state index is 0.0157. The van der Waals surface area contributed by atoms with E-state index >= 15 is 0 Å². The lowest BCUT2D eigenvalue weighted by Gasteiger charge is -2.40. The van der Waals surface area contributed by atoms with Crippen molar-refractivity contribution in [1.82, 2.24) is 4.90 Å². The highest BCUT2D eigenvalue weighted by Crippen LogP contribution is 2.22. The van der Waals surface area contributed by atoms with E-state index in [2.05, 4.69) is 18.7 Å². The number of likely N-dealkylation sites (tertiary alicyclic amines) is 1. The maximum Gasteiger partial charge on any atom is 0.159 e. The second-order valence-corrected chi connectivity index (χ2v) is 6.37. The molecule has 0 aliphatic carbocycles. The number of ketones is 1. The van der Waals surface area contributed by atoms with Gasteiger partial charge in [-0.3, -0.25) is 9.69 Å².